The molecule has 98 valence electrons. The molecule has 1 aliphatic carbocycles. The molecule has 1 atom stereocenters. The fraction of sp³-hybridized carbons (Fsp3) is 0.500. The van der Waals surface area contributed by atoms with Crippen LogP contribution in [0.25, 0.3) is 0 Å². The molecular weight excluding hydrogens is 220 g/mol. The number of hydrogen-bond acceptors (Lipinski definition) is 2. The van der Waals surface area contributed by atoms with Crippen molar-refractivity contribution in [2.75, 3.05) is 0 Å². The van der Waals surface area contributed by atoms with Crippen LogP contribution in [0.15, 0.2) is 29.8 Å². The van der Waals surface area contributed by atoms with Gasteiger partial charge in [0.1, 0.15) is 0 Å². The predicted molar refractivity (Wildman–Crippen MR) is 77.1 cm³/mol. The lowest BCUT2D eigenvalue weighted by molar-refractivity contribution is 0.526. The number of hydrogen-bond donors (Lipinski definition) is 2. The van der Waals surface area contributed by atoms with Gasteiger partial charge in [0.05, 0.1) is 0 Å². The molecule has 2 heteroatoms. The topological polar surface area (TPSA) is 38.0 Å². The summed E-state index contributed by atoms with van der Waals surface area (Å²) in [5.41, 5.74) is 8.51. The molecule has 2 rings (SSSR count). The number of allylic oxidation sites excluding steroid dienone is 1. The van der Waals surface area contributed by atoms with Gasteiger partial charge in [-0.3, -0.25) is 11.3 Å². The molecule has 1 aromatic carbocycles. The normalized spacial score (nSPS) is 17.4. The zero-order valence-electron chi connectivity index (χ0n) is 11.5. The molecule has 0 saturated carbocycles. The van der Waals surface area contributed by atoms with E-state index in [1.807, 2.05) is 0 Å². The number of nitrogens with one attached hydrogen (secondary N) is 1. The smallest absolute Gasteiger partial charge is 0.0499 e. The number of hydrazine groups is 1. The quantitative estimate of drug-likeness (QED) is 0.481. The summed E-state index contributed by atoms with van der Waals surface area (Å²) in [6.45, 7) is 4.30. The standard InChI is InChI=1S/C16H24N2/c1-12-8-9-13(2)15(10-12)16(18-17)11-14-6-4-3-5-7-14/h6,8-10,16,18H,3-5,7,11,17H2,1-2H3. The van der Waals surface area contributed by atoms with Crippen molar-refractivity contribution in [1.29, 1.82) is 0 Å². The van der Waals surface area contributed by atoms with Crippen LogP contribution in [0.1, 0.15) is 54.8 Å². The molecular formula is C16H24N2. The Morgan fingerprint density at radius 2 is 2.11 bits per heavy atom. The Hall–Kier alpha value is -1.12. The molecule has 1 aromatic rings. The van der Waals surface area contributed by atoms with Crippen LogP contribution in [-0.2, 0) is 0 Å². The number of aryl methyl sites for hydroxylation is 2. The molecule has 0 bridgehead atoms. The number of rotatable bonds is 4. The van der Waals surface area contributed by atoms with Crippen LogP contribution in [0.2, 0.25) is 0 Å². The van der Waals surface area contributed by atoms with E-state index >= 15 is 0 Å². The fourth-order valence-corrected chi connectivity index (χ4v) is 2.75. The third kappa shape index (κ3) is 3.21. The van der Waals surface area contributed by atoms with Gasteiger partial charge < -0.3 is 0 Å². The minimum absolute atomic E-state index is 0.245. The first-order valence-electron chi connectivity index (χ1n) is 6.92. The van der Waals surface area contributed by atoms with Crippen molar-refractivity contribution in [2.45, 2.75) is 52.0 Å². The molecule has 0 radical (unpaired) electrons. The van der Waals surface area contributed by atoms with Crippen LogP contribution < -0.4 is 11.3 Å². The minimum atomic E-state index is 0.245. The van der Waals surface area contributed by atoms with E-state index in [9.17, 15) is 0 Å². The van der Waals surface area contributed by atoms with Crippen molar-refractivity contribution < 1.29 is 0 Å². The average Bonchev–Trinajstić information content (AvgIpc) is 2.40. The van der Waals surface area contributed by atoms with Gasteiger partial charge in [-0.25, -0.2) is 0 Å². The SMILES string of the molecule is Cc1ccc(C)c(C(CC2=CCCCC2)NN)c1. The monoisotopic (exact) mass is 244 g/mol. The maximum Gasteiger partial charge on any atom is 0.0499 e. The summed E-state index contributed by atoms with van der Waals surface area (Å²) in [6.07, 6.45) is 8.59. The van der Waals surface area contributed by atoms with Crippen molar-refractivity contribution in [1.82, 2.24) is 5.43 Å². The molecule has 0 saturated heterocycles. The minimum Gasteiger partial charge on any atom is -0.271 e. The highest BCUT2D eigenvalue weighted by molar-refractivity contribution is 5.33. The number of nitrogens with two attached hydrogens (primary N) is 1. The third-order valence-electron chi connectivity index (χ3n) is 3.86. The van der Waals surface area contributed by atoms with Crippen molar-refractivity contribution in [3.05, 3.63) is 46.5 Å². The Balaban J connectivity index is 2.17. The van der Waals surface area contributed by atoms with Gasteiger partial charge in [-0.2, -0.15) is 0 Å². The molecule has 0 amide bonds. The Labute approximate surface area is 110 Å². The largest absolute Gasteiger partial charge is 0.271 e. The van der Waals surface area contributed by atoms with Crippen molar-refractivity contribution in [2.24, 2.45) is 5.84 Å². The molecule has 2 nitrogen and oxygen atoms in total. The second kappa shape index (κ2) is 6.17. The second-order valence-corrected chi connectivity index (χ2v) is 5.39. The van der Waals surface area contributed by atoms with E-state index < -0.39 is 0 Å². The van der Waals surface area contributed by atoms with E-state index in [4.69, 9.17) is 5.84 Å². The third-order valence-corrected chi connectivity index (χ3v) is 3.86. The van der Waals surface area contributed by atoms with Crippen LogP contribution in [0, 0.1) is 13.8 Å². The van der Waals surface area contributed by atoms with Gasteiger partial charge in [0.2, 0.25) is 0 Å². The van der Waals surface area contributed by atoms with Gasteiger partial charge in [-0.05, 0) is 57.1 Å². The van der Waals surface area contributed by atoms with Crippen molar-refractivity contribution in [3.8, 4) is 0 Å². The van der Waals surface area contributed by atoms with E-state index in [2.05, 4.69) is 43.5 Å². The van der Waals surface area contributed by atoms with Gasteiger partial charge in [-0.1, -0.05) is 35.4 Å². The van der Waals surface area contributed by atoms with E-state index in [1.54, 1.807) is 5.57 Å². The molecule has 0 spiro atoms. The van der Waals surface area contributed by atoms with Crippen LogP contribution in [0.4, 0.5) is 0 Å². The van der Waals surface area contributed by atoms with Gasteiger partial charge in [-0.15, -0.1) is 0 Å². The van der Waals surface area contributed by atoms with Crippen LogP contribution in [0.5, 0.6) is 0 Å². The van der Waals surface area contributed by atoms with Gasteiger partial charge in [0, 0.05) is 6.04 Å². The lowest BCUT2D eigenvalue weighted by atomic mass is 9.90. The maximum absolute atomic E-state index is 5.76. The second-order valence-electron chi connectivity index (χ2n) is 5.39. The zero-order chi connectivity index (χ0) is 13.0. The summed E-state index contributed by atoms with van der Waals surface area (Å²) in [4.78, 5) is 0. The summed E-state index contributed by atoms with van der Waals surface area (Å²) >= 11 is 0. The van der Waals surface area contributed by atoms with E-state index in [1.165, 1.54) is 42.4 Å². The Morgan fingerprint density at radius 1 is 1.28 bits per heavy atom. The molecule has 1 aliphatic rings. The Morgan fingerprint density at radius 3 is 2.78 bits per heavy atom. The molecule has 0 aliphatic heterocycles. The Bertz CT molecular complexity index is 435. The molecule has 0 fully saturated rings. The fourth-order valence-electron chi connectivity index (χ4n) is 2.75. The molecule has 1 unspecified atom stereocenters. The summed E-state index contributed by atoms with van der Waals surface area (Å²) in [5, 5.41) is 0. The highest BCUT2D eigenvalue weighted by Crippen LogP contribution is 2.29. The zero-order valence-corrected chi connectivity index (χ0v) is 11.5. The van der Waals surface area contributed by atoms with Gasteiger partial charge in [0.15, 0.2) is 0 Å². The summed E-state index contributed by atoms with van der Waals surface area (Å²) in [6, 6.07) is 6.84. The molecule has 18 heavy (non-hydrogen) atoms. The van der Waals surface area contributed by atoms with Crippen LogP contribution in [-0.4, -0.2) is 0 Å². The first-order chi connectivity index (χ1) is 8.70. The van der Waals surface area contributed by atoms with Gasteiger partial charge >= 0.3 is 0 Å². The predicted octanol–water partition coefficient (Wildman–Crippen LogP) is 3.70. The van der Waals surface area contributed by atoms with Gasteiger partial charge in [0.25, 0.3) is 0 Å². The summed E-state index contributed by atoms with van der Waals surface area (Å²) < 4.78 is 0. The lowest BCUT2D eigenvalue weighted by Gasteiger charge is -2.22. The maximum atomic E-state index is 5.76. The van der Waals surface area contributed by atoms with E-state index in [0.717, 1.165) is 6.42 Å². The highest BCUT2D eigenvalue weighted by Gasteiger charge is 2.15. The van der Waals surface area contributed by atoms with Crippen LogP contribution in [0.3, 0.4) is 0 Å². The highest BCUT2D eigenvalue weighted by atomic mass is 15.2. The first kappa shape index (κ1) is 13.3. The summed E-state index contributed by atoms with van der Waals surface area (Å²) in [5.74, 6) is 5.76. The summed E-state index contributed by atoms with van der Waals surface area (Å²) in [7, 11) is 0. The number of benzene rings is 1. The van der Waals surface area contributed by atoms with E-state index in [0.29, 0.717) is 0 Å². The first-order valence-corrected chi connectivity index (χ1v) is 6.92. The Kier molecular flexibility index (Phi) is 4.56. The van der Waals surface area contributed by atoms with Crippen molar-refractivity contribution in [3.63, 3.8) is 0 Å². The average molecular weight is 244 g/mol. The lowest BCUT2D eigenvalue weighted by Crippen LogP contribution is -2.29. The van der Waals surface area contributed by atoms with Crippen molar-refractivity contribution >= 4 is 0 Å². The van der Waals surface area contributed by atoms with Crippen LogP contribution >= 0.6 is 0 Å². The molecule has 0 heterocycles. The molecule has 0 aromatic heterocycles. The van der Waals surface area contributed by atoms with E-state index in [-0.39, 0.29) is 6.04 Å². The molecule has 3 N–H and O–H groups in total.